The summed E-state index contributed by atoms with van der Waals surface area (Å²) in [4.78, 5) is 2.46. The van der Waals surface area contributed by atoms with Crippen molar-refractivity contribution in [2.24, 2.45) is 11.8 Å². The second kappa shape index (κ2) is 5.31. The quantitative estimate of drug-likeness (QED) is 0.711. The molecule has 1 heterocycles. The Morgan fingerprint density at radius 3 is 2.40 bits per heavy atom. The Bertz CT molecular complexity index is 187. The smallest absolute Gasteiger partial charge is 0.0574 e. The number of ether oxygens (including phenoxy) is 1. The molecule has 1 saturated heterocycles. The van der Waals surface area contributed by atoms with Crippen LogP contribution in [0.4, 0.5) is 0 Å². The molecule has 0 aromatic heterocycles. The molecule has 0 aromatic rings. The maximum Gasteiger partial charge on any atom is 0.0574 e. The molecule has 2 fully saturated rings. The zero-order valence-electron chi connectivity index (χ0n) is 10.2. The highest BCUT2D eigenvalue weighted by Crippen LogP contribution is 2.34. The van der Waals surface area contributed by atoms with Crippen LogP contribution in [0.15, 0.2) is 0 Å². The van der Waals surface area contributed by atoms with E-state index in [4.69, 9.17) is 4.74 Å². The molecule has 2 rings (SSSR count). The largest absolute Gasteiger partial charge is 0.381 e. The molecule has 88 valence electrons. The van der Waals surface area contributed by atoms with Gasteiger partial charge in [-0.05, 0) is 70.5 Å². The molecule has 0 amide bonds. The minimum Gasteiger partial charge on any atom is -0.381 e. The summed E-state index contributed by atoms with van der Waals surface area (Å²) in [7, 11) is 4.11. The lowest BCUT2D eigenvalue weighted by Gasteiger charge is -2.30. The van der Waals surface area contributed by atoms with E-state index in [1.807, 2.05) is 7.11 Å². The van der Waals surface area contributed by atoms with Crippen molar-refractivity contribution >= 4 is 0 Å². The lowest BCUT2D eigenvalue weighted by atomic mass is 9.86. The summed E-state index contributed by atoms with van der Waals surface area (Å²) in [6, 6.07) is 0. The van der Waals surface area contributed by atoms with Crippen LogP contribution in [0.25, 0.3) is 0 Å². The predicted octanol–water partition coefficient (Wildman–Crippen LogP) is 2.53. The number of rotatable bonds is 3. The second-order valence-electron chi connectivity index (χ2n) is 5.52. The van der Waals surface area contributed by atoms with Crippen molar-refractivity contribution in [3.8, 4) is 0 Å². The topological polar surface area (TPSA) is 12.5 Å². The van der Waals surface area contributed by atoms with Crippen molar-refractivity contribution in [2.75, 3.05) is 27.2 Å². The van der Waals surface area contributed by atoms with Crippen molar-refractivity contribution < 1.29 is 4.74 Å². The van der Waals surface area contributed by atoms with Gasteiger partial charge < -0.3 is 9.64 Å². The van der Waals surface area contributed by atoms with Gasteiger partial charge in [-0.25, -0.2) is 0 Å². The van der Waals surface area contributed by atoms with Crippen molar-refractivity contribution in [1.29, 1.82) is 0 Å². The summed E-state index contributed by atoms with van der Waals surface area (Å²) < 4.78 is 5.44. The fraction of sp³-hybridized carbons (Fsp3) is 1.00. The molecule has 1 aliphatic heterocycles. The maximum atomic E-state index is 5.44. The molecule has 2 atom stereocenters. The number of methoxy groups -OCH3 is 1. The summed E-state index contributed by atoms with van der Waals surface area (Å²) in [6.45, 7) is 2.62. The summed E-state index contributed by atoms with van der Waals surface area (Å²) in [5.74, 6) is 1.96. The van der Waals surface area contributed by atoms with Crippen LogP contribution in [0.2, 0.25) is 0 Å². The third-order valence-corrected chi connectivity index (χ3v) is 4.33. The first-order valence-corrected chi connectivity index (χ1v) is 6.49. The van der Waals surface area contributed by atoms with E-state index in [-0.39, 0.29) is 0 Å². The molecule has 15 heavy (non-hydrogen) atoms. The third kappa shape index (κ3) is 3.18. The van der Waals surface area contributed by atoms with Gasteiger partial charge in [-0.1, -0.05) is 0 Å². The maximum absolute atomic E-state index is 5.44. The lowest BCUT2D eigenvalue weighted by molar-refractivity contribution is 0.102. The van der Waals surface area contributed by atoms with Gasteiger partial charge in [-0.2, -0.15) is 0 Å². The Balaban J connectivity index is 1.69. The first kappa shape index (κ1) is 11.4. The highest BCUT2D eigenvalue weighted by molar-refractivity contribution is 4.80. The number of hydrogen-bond donors (Lipinski definition) is 0. The first-order valence-electron chi connectivity index (χ1n) is 6.49. The molecule has 0 aromatic carbocycles. The van der Waals surface area contributed by atoms with E-state index in [2.05, 4.69) is 11.9 Å². The van der Waals surface area contributed by atoms with E-state index in [1.54, 1.807) is 0 Å². The molecule has 0 N–H and O–H groups in total. The Kier molecular flexibility index (Phi) is 4.04. The number of nitrogens with zero attached hydrogens (tertiary/aromatic N) is 1. The van der Waals surface area contributed by atoms with Crippen molar-refractivity contribution in [2.45, 2.75) is 44.6 Å². The van der Waals surface area contributed by atoms with Gasteiger partial charge in [0.2, 0.25) is 0 Å². The summed E-state index contributed by atoms with van der Waals surface area (Å²) >= 11 is 0. The van der Waals surface area contributed by atoms with Crippen LogP contribution in [0.3, 0.4) is 0 Å². The zero-order valence-corrected chi connectivity index (χ0v) is 10.2. The van der Waals surface area contributed by atoms with E-state index < -0.39 is 0 Å². The third-order valence-electron chi connectivity index (χ3n) is 4.33. The molecule has 0 bridgehead atoms. The molecule has 2 unspecified atom stereocenters. The average molecular weight is 211 g/mol. The number of piperidine rings is 1. The van der Waals surface area contributed by atoms with Crippen molar-refractivity contribution in [1.82, 2.24) is 4.90 Å². The first-order chi connectivity index (χ1) is 7.28. The molecule has 2 nitrogen and oxygen atoms in total. The standard InChI is InChI=1S/C13H25NO/c1-14-7-5-11(6-8-14)9-12-3-4-13(10-12)15-2/h11-13H,3-10H2,1-2H3. The molecule has 0 spiro atoms. The van der Waals surface area contributed by atoms with Crippen LogP contribution in [0.1, 0.15) is 38.5 Å². The van der Waals surface area contributed by atoms with Gasteiger partial charge in [0.15, 0.2) is 0 Å². The molecule has 1 aliphatic carbocycles. The van der Waals surface area contributed by atoms with Crippen LogP contribution < -0.4 is 0 Å². The van der Waals surface area contributed by atoms with Crippen molar-refractivity contribution in [3.05, 3.63) is 0 Å². The minimum absolute atomic E-state index is 0.571. The molecule has 2 aliphatic rings. The molecule has 2 heteroatoms. The van der Waals surface area contributed by atoms with Crippen LogP contribution in [-0.2, 0) is 4.74 Å². The van der Waals surface area contributed by atoms with Crippen LogP contribution in [0.5, 0.6) is 0 Å². The van der Waals surface area contributed by atoms with Crippen LogP contribution in [0, 0.1) is 11.8 Å². The van der Waals surface area contributed by atoms with Gasteiger partial charge in [0.05, 0.1) is 6.10 Å². The molecular formula is C13H25NO. The molecule has 1 saturated carbocycles. The summed E-state index contributed by atoms with van der Waals surface area (Å²) in [5, 5.41) is 0. The Labute approximate surface area is 94.0 Å². The van der Waals surface area contributed by atoms with Crippen molar-refractivity contribution in [3.63, 3.8) is 0 Å². The van der Waals surface area contributed by atoms with Crippen LogP contribution >= 0.6 is 0 Å². The fourth-order valence-electron chi connectivity index (χ4n) is 3.23. The fourth-order valence-corrected chi connectivity index (χ4v) is 3.23. The Hall–Kier alpha value is -0.0800. The normalized spacial score (nSPS) is 34.8. The van der Waals surface area contributed by atoms with E-state index >= 15 is 0 Å². The number of hydrogen-bond acceptors (Lipinski definition) is 2. The zero-order chi connectivity index (χ0) is 10.7. The highest BCUT2D eigenvalue weighted by Gasteiger charge is 2.27. The van der Waals surface area contributed by atoms with Crippen LogP contribution in [-0.4, -0.2) is 38.3 Å². The summed E-state index contributed by atoms with van der Waals surface area (Å²) in [6.07, 6.45) is 8.91. The van der Waals surface area contributed by atoms with E-state index in [0.29, 0.717) is 6.10 Å². The lowest BCUT2D eigenvalue weighted by Crippen LogP contribution is -2.30. The predicted molar refractivity (Wildman–Crippen MR) is 63.0 cm³/mol. The van der Waals surface area contributed by atoms with Gasteiger partial charge in [0.1, 0.15) is 0 Å². The van der Waals surface area contributed by atoms with Gasteiger partial charge >= 0.3 is 0 Å². The van der Waals surface area contributed by atoms with Gasteiger partial charge in [0.25, 0.3) is 0 Å². The average Bonchev–Trinajstić information content (AvgIpc) is 2.69. The minimum atomic E-state index is 0.571. The SMILES string of the molecule is COC1CCC(CC2CCN(C)CC2)C1. The highest BCUT2D eigenvalue weighted by atomic mass is 16.5. The van der Waals surface area contributed by atoms with E-state index in [0.717, 1.165) is 11.8 Å². The molecular weight excluding hydrogens is 186 g/mol. The van der Waals surface area contributed by atoms with Gasteiger partial charge in [-0.3, -0.25) is 0 Å². The van der Waals surface area contributed by atoms with Gasteiger partial charge in [0, 0.05) is 7.11 Å². The monoisotopic (exact) mass is 211 g/mol. The van der Waals surface area contributed by atoms with Gasteiger partial charge in [-0.15, -0.1) is 0 Å². The second-order valence-corrected chi connectivity index (χ2v) is 5.52. The van der Waals surface area contributed by atoms with E-state index in [1.165, 1.54) is 51.6 Å². The molecule has 0 radical (unpaired) electrons. The Morgan fingerprint density at radius 2 is 1.80 bits per heavy atom. The van der Waals surface area contributed by atoms with E-state index in [9.17, 15) is 0 Å². The Morgan fingerprint density at radius 1 is 1.07 bits per heavy atom. The summed E-state index contributed by atoms with van der Waals surface area (Å²) in [5.41, 5.74) is 0. The number of likely N-dealkylation sites (tertiary alicyclic amines) is 1.